The number of carbonyl (C=O) groups excluding carboxylic acids is 4. The van der Waals surface area contributed by atoms with Crippen LogP contribution in [0, 0.1) is 34.0 Å². The lowest BCUT2D eigenvalue weighted by molar-refractivity contribution is -0.319. The van der Waals surface area contributed by atoms with Gasteiger partial charge in [-0.25, -0.2) is 9.59 Å². The molecule has 8 fully saturated rings. The van der Waals surface area contributed by atoms with Gasteiger partial charge in [-0.2, -0.15) is 0 Å². The molecule has 3 aliphatic carbocycles. The summed E-state index contributed by atoms with van der Waals surface area (Å²) in [6, 6.07) is 0. The highest BCUT2D eigenvalue weighted by atomic mass is 16.7. The van der Waals surface area contributed by atoms with E-state index in [-0.39, 0.29) is 31.8 Å². The van der Waals surface area contributed by atoms with Crippen LogP contribution in [0.3, 0.4) is 0 Å². The predicted octanol–water partition coefficient (Wildman–Crippen LogP) is 0.327. The Hall–Kier alpha value is -2.70. The van der Waals surface area contributed by atoms with Gasteiger partial charge in [-0.3, -0.25) is 9.59 Å². The lowest BCUT2D eigenvalue weighted by Gasteiger charge is -2.66. The highest BCUT2D eigenvalue weighted by Crippen LogP contribution is 2.83. The quantitative estimate of drug-likeness (QED) is 0.156. The van der Waals surface area contributed by atoms with Crippen LogP contribution in [-0.4, -0.2) is 135 Å². The van der Waals surface area contributed by atoms with Gasteiger partial charge in [0.15, 0.2) is 6.29 Å². The third-order valence-electron chi connectivity index (χ3n) is 14.7. The summed E-state index contributed by atoms with van der Waals surface area (Å²) in [6.07, 6.45) is -4.92. The van der Waals surface area contributed by atoms with E-state index >= 15 is 0 Å². The molecule has 0 amide bonds. The maximum absolute atomic E-state index is 14.3. The second-order valence-electron chi connectivity index (χ2n) is 16.2. The Morgan fingerprint density at radius 1 is 0.923 bits per heavy atom. The van der Waals surface area contributed by atoms with Gasteiger partial charge >= 0.3 is 23.9 Å². The monoisotopic (exact) mass is 736 g/mol. The zero-order valence-corrected chi connectivity index (χ0v) is 30.6. The molecule has 5 heterocycles. The minimum atomic E-state index is -2.27. The molecule has 288 valence electrons. The number of ether oxygens (including phenoxy) is 10. The van der Waals surface area contributed by atoms with Crippen molar-refractivity contribution in [1.82, 2.24) is 0 Å². The highest BCUT2D eigenvalue weighted by Gasteiger charge is 2.97. The summed E-state index contributed by atoms with van der Waals surface area (Å²) in [4.78, 5) is 55.0. The van der Waals surface area contributed by atoms with Crippen molar-refractivity contribution in [2.75, 3.05) is 41.2 Å². The molecule has 2 bridgehead atoms. The molecular weight excluding hydrogens is 688 g/mol. The smallest absolute Gasteiger partial charge is 0.366 e. The SMILES string of the molecule is C/C=C(\C)C(=O)O[C@H]1C[C@@H](OC(C)=O)[C@@]2(C(=O)OC)CO[C@@H]3[C@@H]2[C@]12CO[C@](OC)(C(=O)OC)[C@H]2[C@](C)([C@]12O[C@@]1(C)[C@H]1C[C@@H]2O[C@@H]2OCC[C@@]21O)[C@H]3O. The van der Waals surface area contributed by atoms with E-state index in [2.05, 4.69) is 0 Å². The molecule has 0 aromatic heterocycles. The number of methoxy groups -OCH3 is 3. The van der Waals surface area contributed by atoms with Crippen LogP contribution >= 0.6 is 0 Å². The van der Waals surface area contributed by atoms with Gasteiger partial charge in [-0.1, -0.05) is 13.0 Å². The fourth-order valence-electron chi connectivity index (χ4n) is 12.7. The van der Waals surface area contributed by atoms with E-state index in [0.29, 0.717) is 12.8 Å². The molecule has 1 spiro atoms. The fraction of sp³-hybridized carbons (Fsp3) is 0.833. The molecule has 16 nitrogen and oxygen atoms in total. The molecule has 5 aliphatic heterocycles. The Morgan fingerprint density at radius 2 is 1.63 bits per heavy atom. The van der Waals surface area contributed by atoms with Crippen molar-refractivity contribution in [2.24, 2.45) is 34.0 Å². The van der Waals surface area contributed by atoms with Crippen LogP contribution < -0.4 is 0 Å². The van der Waals surface area contributed by atoms with Crippen molar-refractivity contribution in [3.8, 4) is 0 Å². The fourth-order valence-corrected chi connectivity index (χ4v) is 12.7. The van der Waals surface area contributed by atoms with E-state index in [1.54, 1.807) is 26.8 Å². The van der Waals surface area contributed by atoms with Crippen LogP contribution in [-0.2, 0) is 66.5 Å². The number of carbonyl (C=O) groups is 4. The minimum Gasteiger partial charge on any atom is -0.468 e. The summed E-state index contributed by atoms with van der Waals surface area (Å²) in [5, 5.41) is 25.1. The first-order chi connectivity index (χ1) is 24.5. The van der Waals surface area contributed by atoms with Crippen molar-refractivity contribution in [3.05, 3.63) is 11.6 Å². The average Bonchev–Trinajstić information content (AvgIpc) is 3.52. The van der Waals surface area contributed by atoms with Crippen LogP contribution in [0.2, 0.25) is 0 Å². The van der Waals surface area contributed by atoms with Crippen LogP contribution in [0.15, 0.2) is 11.6 Å². The number of fused-ring (bicyclic) bond motifs is 7. The lowest BCUT2D eigenvalue weighted by atomic mass is 9.37. The van der Waals surface area contributed by atoms with Gasteiger partial charge in [0.25, 0.3) is 5.79 Å². The molecule has 0 radical (unpaired) electrons. The van der Waals surface area contributed by atoms with Crippen LogP contribution in [0.5, 0.6) is 0 Å². The summed E-state index contributed by atoms with van der Waals surface area (Å²) < 4.78 is 61.5. The number of aliphatic hydroxyl groups is 2. The molecular formula is C36H48O16. The van der Waals surface area contributed by atoms with E-state index in [0.717, 1.165) is 0 Å². The number of rotatable bonds is 7. The van der Waals surface area contributed by atoms with Gasteiger partial charge in [0.2, 0.25) is 0 Å². The Kier molecular flexibility index (Phi) is 7.80. The normalized spacial score (nSPS) is 53.6. The molecule has 5 saturated heterocycles. The van der Waals surface area contributed by atoms with Gasteiger partial charge in [0.1, 0.15) is 34.4 Å². The summed E-state index contributed by atoms with van der Waals surface area (Å²) in [5.74, 6) is -8.32. The Bertz CT molecular complexity index is 1630. The van der Waals surface area contributed by atoms with Gasteiger partial charge in [0, 0.05) is 61.0 Å². The summed E-state index contributed by atoms with van der Waals surface area (Å²) in [5.41, 5.74) is -8.64. The van der Waals surface area contributed by atoms with E-state index < -0.39 is 117 Å². The maximum Gasteiger partial charge on any atom is 0.366 e. The van der Waals surface area contributed by atoms with Gasteiger partial charge in [-0.15, -0.1) is 0 Å². The summed E-state index contributed by atoms with van der Waals surface area (Å²) >= 11 is 0. The molecule has 8 rings (SSSR count). The number of hydrogen-bond donors (Lipinski definition) is 2. The molecule has 3 saturated carbocycles. The van der Waals surface area contributed by atoms with E-state index in [4.69, 9.17) is 47.4 Å². The Balaban J connectivity index is 1.41. The summed E-state index contributed by atoms with van der Waals surface area (Å²) in [6.45, 7) is 7.67. The molecule has 16 atom stereocenters. The van der Waals surface area contributed by atoms with Gasteiger partial charge in [0.05, 0.1) is 52.4 Å². The molecule has 8 aliphatic rings. The zero-order chi connectivity index (χ0) is 37.6. The van der Waals surface area contributed by atoms with Gasteiger partial charge in [-0.05, 0) is 27.2 Å². The third-order valence-corrected chi connectivity index (χ3v) is 14.7. The molecule has 16 heteroatoms. The number of allylic oxidation sites excluding steroid dienone is 1. The largest absolute Gasteiger partial charge is 0.468 e. The highest BCUT2D eigenvalue weighted by molar-refractivity contribution is 5.88. The van der Waals surface area contributed by atoms with Crippen LogP contribution in [0.4, 0.5) is 0 Å². The van der Waals surface area contributed by atoms with Crippen molar-refractivity contribution in [3.63, 3.8) is 0 Å². The van der Waals surface area contributed by atoms with Crippen molar-refractivity contribution >= 4 is 23.9 Å². The van der Waals surface area contributed by atoms with E-state index in [1.165, 1.54) is 28.3 Å². The van der Waals surface area contributed by atoms with Crippen molar-refractivity contribution in [1.29, 1.82) is 0 Å². The molecule has 52 heavy (non-hydrogen) atoms. The van der Waals surface area contributed by atoms with Crippen molar-refractivity contribution in [2.45, 2.75) is 113 Å². The number of esters is 4. The number of hydrogen-bond acceptors (Lipinski definition) is 16. The first-order valence-corrected chi connectivity index (χ1v) is 17.9. The Labute approximate surface area is 300 Å². The average molecular weight is 737 g/mol. The van der Waals surface area contributed by atoms with Gasteiger partial charge < -0.3 is 57.6 Å². The topological polar surface area (TPSA) is 204 Å². The molecule has 0 unspecified atom stereocenters. The second kappa shape index (κ2) is 11.2. The number of aliphatic hydroxyl groups excluding tert-OH is 1. The third kappa shape index (κ3) is 3.76. The zero-order valence-electron chi connectivity index (χ0n) is 30.6. The molecule has 0 aromatic carbocycles. The molecule has 2 N–H and O–H groups in total. The second-order valence-corrected chi connectivity index (χ2v) is 16.2. The molecule has 0 aromatic rings. The van der Waals surface area contributed by atoms with E-state index in [9.17, 15) is 29.4 Å². The first-order valence-electron chi connectivity index (χ1n) is 17.9. The minimum absolute atomic E-state index is 0.222. The first kappa shape index (κ1) is 36.3. The predicted molar refractivity (Wildman–Crippen MR) is 169 cm³/mol. The van der Waals surface area contributed by atoms with E-state index in [1.807, 2.05) is 6.92 Å². The maximum atomic E-state index is 14.3. The Morgan fingerprint density at radius 3 is 2.27 bits per heavy atom. The standard InChI is InChI=1S/C36H48O16/c1-9-16(2)25(39)50-19-13-20(49-17(3)37)33(27(40)43-6)14-47-22-23(33)32(19)15-48-35(45-8,28(41)44-7)26(32)30(4,24(22)38)36-21-12-18(31(36,5)52-36)34(42)10-11-46-29(34)51-21/h9,18-24,26,29,38,42H,10-15H2,1-8H3/b16-9+/t18-,19+,20-,21+,22-,23-,24+,26+,29+,30-,31+,32+,33+,34+,35+,36+/m1/s1. The van der Waals surface area contributed by atoms with Crippen LogP contribution in [0.1, 0.15) is 53.9 Å². The van der Waals surface area contributed by atoms with Crippen LogP contribution in [0.25, 0.3) is 0 Å². The lowest BCUT2D eigenvalue weighted by Crippen LogP contribution is -2.79. The summed E-state index contributed by atoms with van der Waals surface area (Å²) in [7, 11) is 3.65. The number of epoxide rings is 1. The van der Waals surface area contributed by atoms with Crippen molar-refractivity contribution < 1.29 is 76.8 Å².